The van der Waals surface area contributed by atoms with Gasteiger partial charge in [0.15, 0.2) is 11.5 Å². The largest absolute Gasteiger partial charge is 0.493 e. The smallest absolute Gasteiger partial charge is 0.416 e. The molecule has 34 heavy (non-hydrogen) atoms. The van der Waals surface area contributed by atoms with Crippen LogP contribution in [-0.2, 0) is 17.5 Å². The maximum Gasteiger partial charge on any atom is 0.416 e. The molecular weight excluding hydrogens is 451 g/mol. The first kappa shape index (κ1) is 23.6. The summed E-state index contributed by atoms with van der Waals surface area (Å²) in [6, 6.07) is 9.68. The number of hydrogen-bond acceptors (Lipinski definition) is 6. The van der Waals surface area contributed by atoms with Gasteiger partial charge in [-0.1, -0.05) is 17.3 Å². The van der Waals surface area contributed by atoms with Crippen LogP contribution in [-0.4, -0.2) is 34.2 Å². The number of carbonyl (C=O) groups excluding carboxylic acids is 1. The lowest BCUT2D eigenvalue weighted by Gasteiger charge is -2.22. The molecule has 7 nitrogen and oxygen atoms in total. The van der Waals surface area contributed by atoms with E-state index in [0.29, 0.717) is 34.9 Å². The number of hydrogen-bond donors (Lipinski definition) is 0. The molecule has 2 aromatic carbocycles. The van der Waals surface area contributed by atoms with Gasteiger partial charge in [0.1, 0.15) is 6.04 Å². The van der Waals surface area contributed by atoms with Gasteiger partial charge in [-0.2, -0.15) is 18.2 Å². The van der Waals surface area contributed by atoms with Crippen molar-refractivity contribution in [3.8, 4) is 22.9 Å². The van der Waals surface area contributed by atoms with Crippen LogP contribution in [0.15, 0.2) is 47.0 Å². The molecule has 0 aliphatic carbocycles. The average molecular weight is 475 g/mol. The molecule has 1 amide bonds. The molecule has 0 N–H and O–H groups in total. The van der Waals surface area contributed by atoms with Crippen molar-refractivity contribution in [3.63, 3.8) is 0 Å². The number of methoxy groups -OCH3 is 1. The van der Waals surface area contributed by atoms with E-state index in [4.69, 9.17) is 14.0 Å². The van der Waals surface area contributed by atoms with Crippen molar-refractivity contribution in [2.45, 2.75) is 51.6 Å². The minimum absolute atomic E-state index is 0.0141. The van der Waals surface area contributed by atoms with Crippen LogP contribution in [0.2, 0.25) is 0 Å². The van der Waals surface area contributed by atoms with Crippen LogP contribution in [0.25, 0.3) is 11.4 Å². The fourth-order valence-electron chi connectivity index (χ4n) is 3.88. The molecular formula is C24H24F3N3O4. The van der Waals surface area contributed by atoms with Gasteiger partial charge < -0.3 is 18.9 Å². The van der Waals surface area contributed by atoms with Crippen molar-refractivity contribution in [1.82, 2.24) is 15.0 Å². The number of benzene rings is 2. The molecule has 10 heteroatoms. The molecule has 2 heterocycles. The third-order valence-electron chi connectivity index (χ3n) is 5.45. The quantitative estimate of drug-likeness (QED) is 0.455. The second-order valence-electron chi connectivity index (χ2n) is 8.26. The van der Waals surface area contributed by atoms with Gasteiger partial charge in [-0.05, 0) is 56.2 Å². The van der Waals surface area contributed by atoms with Crippen molar-refractivity contribution >= 4 is 5.91 Å². The Bertz CT molecular complexity index is 1180. The summed E-state index contributed by atoms with van der Waals surface area (Å²) in [6.45, 7) is 3.83. The van der Waals surface area contributed by atoms with Crippen molar-refractivity contribution in [1.29, 1.82) is 0 Å². The number of ether oxygens (including phenoxy) is 2. The van der Waals surface area contributed by atoms with Gasteiger partial charge in [0, 0.05) is 18.5 Å². The number of aromatic nitrogens is 2. The zero-order valence-corrected chi connectivity index (χ0v) is 18.9. The number of likely N-dealkylation sites (tertiary alicyclic amines) is 1. The number of halogens is 3. The maximum atomic E-state index is 13.1. The Morgan fingerprint density at radius 2 is 1.97 bits per heavy atom. The highest BCUT2D eigenvalue weighted by atomic mass is 19.4. The standard InChI is InChI=1S/C24H24F3N3O4/c1-14(2)33-19-9-7-16(12-20(19)32-3)22-28-23(34-29-22)18-8-10-21(31)30(18)13-15-5-4-6-17(11-15)24(25,26)27/h4-7,9,11-12,14,18H,8,10,13H2,1-3H3. The predicted molar refractivity (Wildman–Crippen MR) is 116 cm³/mol. The van der Waals surface area contributed by atoms with Gasteiger partial charge in [0.25, 0.3) is 0 Å². The number of amides is 1. The van der Waals surface area contributed by atoms with Crippen LogP contribution in [0, 0.1) is 0 Å². The molecule has 180 valence electrons. The zero-order chi connectivity index (χ0) is 24.5. The third-order valence-corrected chi connectivity index (χ3v) is 5.45. The Morgan fingerprint density at radius 3 is 2.68 bits per heavy atom. The highest BCUT2D eigenvalue weighted by molar-refractivity contribution is 5.79. The van der Waals surface area contributed by atoms with E-state index in [0.717, 1.165) is 12.1 Å². The summed E-state index contributed by atoms with van der Waals surface area (Å²) in [7, 11) is 1.53. The molecule has 0 radical (unpaired) electrons. The Balaban J connectivity index is 1.56. The van der Waals surface area contributed by atoms with E-state index < -0.39 is 17.8 Å². The number of nitrogens with zero attached hydrogens (tertiary/aromatic N) is 3. The Hall–Kier alpha value is -3.56. The van der Waals surface area contributed by atoms with Gasteiger partial charge in [-0.3, -0.25) is 4.79 Å². The zero-order valence-electron chi connectivity index (χ0n) is 18.9. The molecule has 1 atom stereocenters. The van der Waals surface area contributed by atoms with E-state index in [1.165, 1.54) is 18.1 Å². The fourth-order valence-corrected chi connectivity index (χ4v) is 3.88. The summed E-state index contributed by atoms with van der Waals surface area (Å²) in [5.41, 5.74) is 0.254. The van der Waals surface area contributed by atoms with Crippen molar-refractivity contribution in [2.75, 3.05) is 7.11 Å². The molecule has 0 saturated carbocycles. The van der Waals surface area contributed by atoms with Crippen molar-refractivity contribution in [3.05, 3.63) is 59.5 Å². The van der Waals surface area contributed by atoms with Crippen LogP contribution in [0.3, 0.4) is 0 Å². The van der Waals surface area contributed by atoms with Crippen molar-refractivity contribution < 1.29 is 32.0 Å². The molecule has 1 aliphatic rings. The summed E-state index contributed by atoms with van der Waals surface area (Å²) < 4.78 is 55.8. The maximum absolute atomic E-state index is 13.1. The van der Waals surface area contributed by atoms with Crippen LogP contribution < -0.4 is 9.47 Å². The highest BCUT2D eigenvalue weighted by Gasteiger charge is 2.37. The lowest BCUT2D eigenvalue weighted by Crippen LogP contribution is -2.27. The number of rotatable bonds is 7. The molecule has 3 aromatic rings. The van der Waals surface area contributed by atoms with E-state index in [9.17, 15) is 18.0 Å². The van der Waals surface area contributed by atoms with E-state index in [2.05, 4.69) is 10.1 Å². The Kier molecular flexibility index (Phi) is 6.49. The first-order valence-electron chi connectivity index (χ1n) is 10.8. The third kappa shape index (κ3) is 5.00. The fraction of sp³-hybridized carbons (Fsp3) is 0.375. The van der Waals surface area contributed by atoms with E-state index >= 15 is 0 Å². The molecule has 1 unspecified atom stereocenters. The second-order valence-corrected chi connectivity index (χ2v) is 8.26. The summed E-state index contributed by atoms with van der Waals surface area (Å²) in [4.78, 5) is 18.5. The molecule has 0 spiro atoms. The second kappa shape index (κ2) is 9.36. The van der Waals surface area contributed by atoms with Gasteiger partial charge in [-0.15, -0.1) is 0 Å². The van der Waals surface area contributed by atoms with E-state index in [1.807, 2.05) is 13.8 Å². The predicted octanol–water partition coefficient (Wildman–Crippen LogP) is 5.41. The number of alkyl halides is 3. The summed E-state index contributed by atoms with van der Waals surface area (Å²) in [5.74, 6) is 1.45. The SMILES string of the molecule is COc1cc(-c2noc(C3CCC(=O)N3Cc3cccc(C(F)(F)F)c3)n2)ccc1OC(C)C. The minimum atomic E-state index is -4.46. The van der Waals surface area contributed by atoms with Crippen LogP contribution >= 0.6 is 0 Å². The van der Waals surface area contributed by atoms with Gasteiger partial charge >= 0.3 is 6.18 Å². The van der Waals surface area contributed by atoms with Crippen molar-refractivity contribution in [2.24, 2.45) is 0 Å². The normalized spacial score (nSPS) is 16.4. The molecule has 0 bridgehead atoms. The molecule has 4 rings (SSSR count). The Morgan fingerprint density at radius 1 is 1.18 bits per heavy atom. The summed E-state index contributed by atoms with van der Waals surface area (Å²) in [6.07, 6.45) is -3.80. The molecule has 1 aromatic heterocycles. The molecule has 1 saturated heterocycles. The van der Waals surface area contributed by atoms with Crippen LogP contribution in [0.4, 0.5) is 13.2 Å². The monoisotopic (exact) mass is 475 g/mol. The highest BCUT2D eigenvalue weighted by Crippen LogP contribution is 2.37. The van der Waals surface area contributed by atoms with Gasteiger partial charge in [-0.25, -0.2) is 0 Å². The van der Waals surface area contributed by atoms with Crippen LogP contribution in [0.5, 0.6) is 11.5 Å². The van der Waals surface area contributed by atoms with E-state index in [-0.39, 0.29) is 30.9 Å². The lowest BCUT2D eigenvalue weighted by atomic mass is 10.1. The lowest BCUT2D eigenvalue weighted by molar-refractivity contribution is -0.137. The first-order valence-corrected chi connectivity index (χ1v) is 10.8. The van der Waals surface area contributed by atoms with E-state index in [1.54, 1.807) is 24.3 Å². The number of carbonyl (C=O) groups is 1. The van der Waals surface area contributed by atoms with Gasteiger partial charge in [0.2, 0.25) is 17.6 Å². The molecule has 1 fully saturated rings. The van der Waals surface area contributed by atoms with Crippen LogP contribution in [0.1, 0.15) is 49.7 Å². The topological polar surface area (TPSA) is 77.7 Å². The Labute approximate surface area is 194 Å². The summed E-state index contributed by atoms with van der Waals surface area (Å²) in [5, 5.41) is 4.04. The van der Waals surface area contributed by atoms with Gasteiger partial charge in [0.05, 0.1) is 18.8 Å². The molecule has 1 aliphatic heterocycles. The average Bonchev–Trinajstić information content (AvgIpc) is 3.41. The minimum Gasteiger partial charge on any atom is -0.493 e. The summed E-state index contributed by atoms with van der Waals surface area (Å²) >= 11 is 0. The first-order chi connectivity index (χ1) is 16.2.